The van der Waals surface area contributed by atoms with E-state index in [-0.39, 0.29) is 18.8 Å². The summed E-state index contributed by atoms with van der Waals surface area (Å²) < 4.78 is 34.9. The first-order valence-electron chi connectivity index (χ1n) is 11.5. The minimum atomic E-state index is -0.693. The van der Waals surface area contributed by atoms with Crippen LogP contribution in [0.25, 0.3) is 11.3 Å². The van der Waals surface area contributed by atoms with Crippen molar-refractivity contribution in [3.63, 3.8) is 0 Å². The molecule has 0 aliphatic carbocycles. The van der Waals surface area contributed by atoms with E-state index < -0.39 is 12.1 Å². The number of aryl methyl sites for hydroxylation is 1. The molecule has 9 heteroatoms. The highest BCUT2D eigenvalue weighted by Crippen LogP contribution is 2.32. The molecular weight excluding hydrogens is 479 g/mol. The summed E-state index contributed by atoms with van der Waals surface area (Å²) in [4.78, 5) is 23.9. The number of halogens is 1. The number of esters is 1. The third kappa shape index (κ3) is 6.52. The summed E-state index contributed by atoms with van der Waals surface area (Å²) in [5.41, 5.74) is 3.38. The molecule has 0 unspecified atom stereocenters. The van der Waals surface area contributed by atoms with Crippen LogP contribution in [0.1, 0.15) is 27.2 Å². The molecule has 190 valence electrons. The fourth-order valence-corrected chi connectivity index (χ4v) is 3.53. The second-order valence-electron chi connectivity index (χ2n) is 8.08. The molecule has 37 heavy (non-hydrogen) atoms. The van der Waals surface area contributed by atoms with E-state index >= 15 is 0 Å². The lowest BCUT2D eigenvalue weighted by Crippen LogP contribution is -2.16. The molecule has 1 aromatic heterocycles. The first-order valence-corrected chi connectivity index (χ1v) is 11.5. The van der Waals surface area contributed by atoms with Crippen molar-refractivity contribution in [3.05, 3.63) is 101 Å². The summed E-state index contributed by atoms with van der Waals surface area (Å²) in [7, 11) is 1.34. The molecular formula is C28H25FN2O6. The standard InChI is InChI=1S/C28H25FN2O6/c1-18-25(30-28(33)35-16-15-20-5-3-4-6-24(20)29)26(37-31-18)21-11-13-23(14-12-21)36-17-19-7-9-22(10-8-19)27(32)34-2/h3-14H,15-17H2,1-2H3,(H,30,33). The van der Waals surface area contributed by atoms with Gasteiger partial charge in [0.15, 0.2) is 5.76 Å². The zero-order valence-electron chi connectivity index (χ0n) is 20.3. The van der Waals surface area contributed by atoms with Gasteiger partial charge < -0.3 is 18.7 Å². The van der Waals surface area contributed by atoms with E-state index in [4.69, 9.17) is 18.7 Å². The fraction of sp³-hybridized carbons (Fsp3) is 0.179. The minimum absolute atomic E-state index is 0.0177. The number of ether oxygens (including phenoxy) is 3. The van der Waals surface area contributed by atoms with Crippen LogP contribution in [0.3, 0.4) is 0 Å². The van der Waals surface area contributed by atoms with Gasteiger partial charge in [0.1, 0.15) is 29.6 Å². The monoisotopic (exact) mass is 504 g/mol. The Morgan fingerprint density at radius 3 is 2.43 bits per heavy atom. The van der Waals surface area contributed by atoms with Gasteiger partial charge in [-0.3, -0.25) is 5.32 Å². The van der Waals surface area contributed by atoms with Crippen LogP contribution in [0.5, 0.6) is 5.75 Å². The van der Waals surface area contributed by atoms with Crippen molar-refractivity contribution >= 4 is 17.7 Å². The lowest BCUT2D eigenvalue weighted by molar-refractivity contribution is 0.0600. The van der Waals surface area contributed by atoms with Gasteiger partial charge in [0.25, 0.3) is 0 Å². The molecule has 4 aromatic rings. The zero-order chi connectivity index (χ0) is 26.2. The number of amides is 1. The van der Waals surface area contributed by atoms with Crippen molar-refractivity contribution in [2.24, 2.45) is 0 Å². The molecule has 3 aromatic carbocycles. The van der Waals surface area contributed by atoms with Gasteiger partial charge in [-0.2, -0.15) is 0 Å². The van der Waals surface area contributed by atoms with Gasteiger partial charge in [0, 0.05) is 12.0 Å². The molecule has 1 N–H and O–H groups in total. The second kappa shape index (κ2) is 11.9. The number of aromatic nitrogens is 1. The molecule has 1 heterocycles. The number of carbonyl (C=O) groups excluding carboxylic acids is 2. The average molecular weight is 505 g/mol. The largest absolute Gasteiger partial charge is 0.489 e. The first-order chi connectivity index (χ1) is 17.9. The van der Waals surface area contributed by atoms with Crippen LogP contribution in [0.4, 0.5) is 14.9 Å². The summed E-state index contributed by atoms with van der Waals surface area (Å²) in [6.45, 7) is 2.03. The molecule has 0 aliphatic heterocycles. The van der Waals surface area contributed by atoms with Gasteiger partial charge in [0.05, 0.1) is 19.3 Å². The lowest BCUT2D eigenvalue weighted by atomic mass is 10.1. The van der Waals surface area contributed by atoms with Crippen molar-refractivity contribution in [1.82, 2.24) is 5.16 Å². The predicted octanol–water partition coefficient (Wildman–Crippen LogP) is 5.95. The molecule has 8 nitrogen and oxygen atoms in total. The highest BCUT2D eigenvalue weighted by atomic mass is 19.1. The normalized spacial score (nSPS) is 10.6. The Kier molecular flexibility index (Phi) is 8.15. The van der Waals surface area contributed by atoms with Crippen molar-refractivity contribution in [2.75, 3.05) is 19.0 Å². The Hall–Kier alpha value is -4.66. The summed E-state index contributed by atoms with van der Waals surface area (Å²) in [6, 6.07) is 20.4. The van der Waals surface area contributed by atoms with E-state index in [9.17, 15) is 14.0 Å². The fourth-order valence-electron chi connectivity index (χ4n) is 3.53. The molecule has 4 rings (SSSR count). The Balaban J connectivity index is 1.33. The van der Waals surface area contributed by atoms with E-state index in [1.807, 2.05) is 0 Å². The molecule has 0 radical (unpaired) electrons. The Bertz CT molecular complexity index is 1370. The zero-order valence-corrected chi connectivity index (χ0v) is 20.3. The Labute approximate surface area is 213 Å². The number of carbonyl (C=O) groups is 2. The van der Waals surface area contributed by atoms with Crippen LogP contribution in [0.15, 0.2) is 77.3 Å². The third-order valence-corrected chi connectivity index (χ3v) is 5.55. The maximum Gasteiger partial charge on any atom is 0.411 e. The number of methoxy groups -OCH3 is 1. The molecule has 1 amide bonds. The van der Waals surface area contributed by atoms with Crippen molar-refractivity contribution in [3.8, 4) is 17.1 Å². The number of rotatable bonds is 9. The van der Waals surface area contributed by atoms with Gasteiger partial charge in [-0.1, -0.05) is 35.5 Å². The van der Waals surface area contributed by atoms with Crippen LogP contribution in [-0.2, 0) is 22.5 Å². The van der Waals surface area contributed by atoms with Crippen LogP contribution in [-0.4, -0.2) is 30.9 Å². The maximum atomic E-state index is 13.7. The average Bonchev–Trinajstić information content (AvgIpc) is 3.28. The van der Waals surface area contributed by atoms with E-state index in [0.717, 1.165) is 5.56 Å². The summed E-state index contributed by atoms with van der Waals surface area (Å²) in [5.74, 6) is 0.260. The van der Waals surface area contributed by atoms with Gasteiger partial charge in [0.2, 0.25) is 0 Å². The molecule has 0 aliphatic rings. The molecule has 0 saturated heterocycles. The summed E-state index contributed by atoms with van der Waals surface area (Å²) in [6.07, 6.45) is -0.436. The number of nitrogens with zero attached hydrogens (tertiary/aromatic N) is 1. The van der Waals surface area contributed by atoms with Crippen LogP contribution < -0.4 is 10.1 Å². The minimum Gasteiger partial charge on any atom is -0.489 e. The Morgan fingerprint density at radius 2 is 1.73 bits per heavy atom. The number of hydrogen-bond donors (Lipinski definition) is 1. The smallest absolute Gasteiger partial charge is 0.411 e. The molecule has 0 spiro atoms. The van der Waals surface area contributed by atoms with E-state index in [1.54, 1.807) is 73.7 Å². The topological polar surface area (TPSA) is 99.9 Å². The Morgan fingerprint density at radius 1 is 1.00 bits per heavy atom. The van der Waals surface area contributed by atoms with Crippen LogP contribution in [0, 0.1) is 12.7 Å². The lowest BCUT2D eigenvalue weighted by Gasteiger charge is -2.09. The SMILES string of the molecule is COC(=O)c1ccc(COc2ccc(-c3onc(C)c3NC(=O)OCCc3ccccc3F)cc2)cc1. The predicted molar refractivity (Wildman–Crippen MR) is 134 cm³/mol. The van der Waals surface area contributed by atoms with Crippen molar-refractivity contribution in [1.29, 1.82) is 0 Å². The number of benzene rings is 3. The van der Waals surface area contributed by atoms with E-state index in [0.29, 0.717) is 46.2 Å². The van der Waals surface area contributed by atoms with Gasteiger partial charge in [-0.05, 0) is 60.5 Å². The molecule has 0 saturated carbocycles. The summed E-state index contributed by atoms with van der Waals surface area (Å²) >= 11 is 0. The first kappa shape index (κ1) is 25.4. The second-order valence-corrected chi connectivity index (χ2v) is 8.08. The van der Waals surface area contributed by atoms with E-state index in [1.165, 1.54) is 13.2 Å². The maximum absolute atomic E-state index is 13.7. The quantitative estimate of drug-likeness (QED) is 0.281. The molecule has 0 fully saturated rings. The van der Waals surface area contributed by atoms with E-state index in [2.05, 4.69) is 10.5 Å². The molecule has 0 atom stereocenters. The van der Waals surface area contributed by atoms with Gasteiger partial charge in [-0.15, -0.1) is 0 Å². The summed E-state index contributed by atoms with van der Waals surface area (Å²) in [5, 5.41) is 6.61. The highest BCUT2D eigenvalue weighted by molar-refractivity contribution is 5.91. The number of anilines is 1. The molecule has 0 bridgehead atoms. The van der Waals surface area contributed by atoms with Crippen molar-refractivity contribution in [2.45, 2.75) is 20.0 Å². The highest BCUT2D eigenvalue weighted by Gasteiger charge is 2.18. The number of nitrogens with one attached hydrogen (secondary N) is 1. The number of hydrogen-bond acceptors (Lipinski definition) is 7. The van der Waals surface area contributed by atoms with Gasteiger partial charge >= 0.3 is 12.1 Å². The van der Waals surface area contributed by atoms with Crippen LogP contribution in [0.2, 0.25) is 0 Å². The van der Waals surface area contributed by atoms with Crippen molar-refractivity contribution < 1.29 is 32.7 Å². The van der Waals surface area contributed by atoms with Crippen LogP contribution >= 0.6 is 0 Å². The third-order valence-electron chi connectivity index (χ3n) is 5.55. The van der Waals surface area contributed by atoms with Gasteiger partial charge in [-0.25, -0.2) is 14.0 Å².